The van der Waals surface area contributed by atoms with Crippen molar-refractivity contribution >= 4 is 51.2 Å². The summed E-state index contributed by atoms with van der Waals surface area (Å²) in [5.41, 5.74) is 0.834. The van der Waals surface area contributed by atoms with Crippen LogP contribution in [0.5, 0.6) is 11.5 Å². The number of nitrogens with zero attached hydrogens (tertiary/aromatic N) is 1. The Bertz CT molecular complexity index is 960. The summed E-state index contributed by atoms with van der Waals surface area (Å²) in [5.74, 6) is -0.903. The normalized spacial score (nSPS) is 10.8. The Morgan fingerprint density at radius 3 is 2.52 bits per heavy atom. The standard InChI is InChI=1S/C20H16BrClN2O5/c1-2-28-15-5-3-14(4-6-15)24-20(27)13(10-23)7-12-8-16(21)19(17(22)9-12)29-11-18(25)26/h3-9H,2,11H2,1H3,(H,24,27)(H,25,26). The van der Waals surface area contributed by atoms with Gasteiger partial charge in [0.2, 0.25) is 0 Å². The molecule has 0 spiro atoms. The van der Waals surface area contributed by atoms with Gasteiger partial charge in [-0.15, -0.1) is 0 Å². The minimum atomic E-state index is -1.14. The molecule has 0 bridgehead atoms. The molecule has 0 aliphatic heterocycles. The first-order valence-corrected chi connectivity index (χ1v) is 9.50. The number of halogens is 2. The average Bonchev–Trinajstić information content (AvgIpc) is 2.67. The smallest absolute Gasteiger partial charge is 0.341 e. The van der Waals surface area contributed by atoms with Crippen LogP contribution in [0.2, 0.25) is 5.02 Å². The highest BCUT2D eigenvalue weighted by atomic mass is 79.9. The Kier molecular flexibility index (Phi) is 8.07. The van der Waals surface area contributed by atoms with Gasteiger partial charge in [0.15, 0.2) is 12.4 Å². The predicted molar refractivity (Wildman–Crippen MR) is 112 cm³/mol. The summed E-state index contributed by atoms with van der Waals surface area (Å²) in [6.07, 6.45) is 1.36. The highest BCUT2D eigenvalue weighted by molar-refractivity contribution is 9.10. The van der Waals surface area contributed by atoms with Crippen molar-refractivity contribution in [2.45, 2.75) is 6.92 Å². The largest absolute Gasteiger partial charge is 0.494 e. The molecule has 0 radical (unpaired) electrons. The van der Waals surface area contributed by atoms with Crippen LogP contribution in [-0.4, -0.2) is 30.2 Å². The zero-order valence-electron chi connectivity index (χ0n) is 15.2. The molecule has 1 amide bonds. The number of hydrogen-bond acceptors (Lipinski definition) is 5. The molecule has 0 saturated carbocycles. The Labute approximate surface area is 180 Å². The second kappa shape index (κ2) is 10.5. The molecule has 0 heterocycles. The van der Waals surface area contributed by atoms with Crippen LogP contribution in [0.3, 0.4) is 0 Å². The maximum absolute atomic E-state index is 12.4. The summed E-state index contributed by atoms with van der Waals surface area (Å²) >= 11 is 9.37. The Morgan fingerprint density at radius 2 is 1.97 bits per heavy atom. The number of aliphatic carboxylic acids is 1. The molecule has 0 unspecified atom stereocenters. The predicted octanol–water partition coefficient (Wildman–Crippen LogP) is 4.51. The van der Waals surface area contributed by atoms with Gasteiger partial charge in [-0.05, 0) is 70.9 Å². The molecule has 2 aromatic carbocycles. The minimum absolute atomic E-state index is 0.135. The van der Waals surface area contributed by atoms with Crippen LogP contribution in [-0.2, 0) is 9.59 Å². The molecule has 2 N–H and O–H groups in total. The van der Waals surface area contributed by atoms with Crippen molar-refractivity contribution in [3.8, 4) is 17.6 Å². The summed E-state index contributed by atoms with van der Waals surface area (Å²) in [7, 11) is 0. The molecule has 7 nitrogen and oxygen atoms in total. The second-order valence-corrected chi connectivity index (χ2v) is 6.84. The van der Waals surface area contributed by atoms with Crippen molar-refractivity contribution in [3.63, 3.8) is 0 Å². The number of nitrogens with one attached hydrogen (secondary N) is 1. The number of ether oxygens (including phenoxy) is 2. The van der Waals surface area contributed by atoms with Crippen LogP contribution in [0.25, 0.3) is 6.08 Å². The maximum atomic E-state index is 12.4. The number of hydrogen-bond donors (Lipinski definition) is 2. The van der Waals surface area contributed by atoms with E-state index in [4.69, 9.17) is 26.2 Å². The van der Waals surface area contributed by atoms with Crippen molar-refractivity contribution in [3.05, 3.63) is 57.0 Å². The second-order valence-electron chi connectivity index (χ2n) is 5.58. The molecule has 0 saturated heterocycles. The first-order chi connectivity index (χ1) is 13.8. The molecular weight excluding hydrogens is 464 g/mol. The topological polar surface area (TPSA) is 109 Å². The van der Waals surface area contributed by atoms with Crippen LogP contribution in [0.1, 0.15) is 12.5 Å². The van der Waals surface area contributed by atoms with Gasteiger partial charge in [-0.1, -0.05) is 11.6 Å². The van der Waals surface area contributed by atoms with Crippen LogP contribution in [0, 0.1) is 11.3 Å². The molecule has 29 heavy (non-hydrogen) atoms. The number of nitriles is 1. The zero-order valence-corrected chi connectivity index (χ0v) is 17.6. The fourth-order valence-corrected chi connectivity index (χ4v) is 3.24. The van der Waals surface area contributed by atoms with Gasteiger partial charge >= 0.3 is 5.97 Å². The third-order valence-electron chi connectivity index (χ3n) is 3.46. The van der Waals surface area contributed by atoms with Crippen LogP contribution in [0.15, 0.2) is 46.4 Å². The van der Waals surface area contributed by atoms with E-state index in [2.05, 4.69) is 21.2 Å². The summed E-state index contributed by atoms with van der Waals surface area (Å²) in [6, 6.07) is 11.6. The fraction of sp³-hybridized carbons (Fsp3) is 0.150. The third-order valence-corrected chi connectivity index (χ3v) is 4.33. The average molecular weight is 480 g/mol. The van der Waals surface area contributed by atoms with Crippen LogP contribution >= 0.6 is 27.5 Å². The van der Waals surface area contributed by atoms with Gasteiger partial charge in [-0.2, -0.15) is 5.26 Å². The molecule has 0 aromatic heterocycles. The number of benzene rings is 2. The fourth-order valence-electron chi connectivity index (χ4n) is 2.25. The van der Waals surface area contributed by atoms with E-state index in [0.717, 1.165) is 0 Å². The summed E-state index contributed by atoms with van der Waals surface area (Å²) in [4.78, 5) is 23.0. The molecule has 9 heteroatoms. The van der Waals surface area contributed by atoms with E-state index in [0.29, 0.717) is 28.1 Å². The molecule has 0 aliphatic rings. The van der Waals surface area contributed by atoms with Crippen molar-refractivity contribution in [2.75, 3.05) is 18.5 Å². The lowest BCUT2D eigenvalue weighted by atomic mass is 10.1. The lowest BCUT2D eigenvalue weighted by Gasteiger charge is -2.10. The van der Waals surface area contributed by atoms with Crippen LogP contribution < -0.4 is 14.8 Å². The molecule has 2 aromatic rings. The van der Waals surface area contributed by atoms with E-state index in [1.807, 2.05) is 13.0 Å². The molecule has 0 atom stereocenters. The number of carbonyl (C=O) groups is 2. The van der Waals surface area contributed by atoms with E-state index in [-0.39, 0.29) is 16.3 Å². The monoisotopic (exact) mass is 478 g/mol. The van der Waals surface area contributed by atoms with E-state index in [1.54, 1.807) is 30.3 Å². The van der Waals surface area contributed by atoms with Gasteiger partial charge < -0.3 is 19.9 Å². The van der Waals surface area contributed by atoms with Gasteiger partial charge in [0.1, 0.15) is 17.4 Å². The van der Waals surface area contributed by atoms with Crippen molar-refractivity contribution < 1.29 is 24.2 Å². The maximum Gasteiger partial charge on any atom is 0.341 e. The highest BCUT2D eigenvalue weighted by Crippen LogP contribution is 2.35. The van der Waals surface area contributed by atoms with E-state index in [9.17, 15) is 14.9 Å². The quantitative estimate of drug-likeness (QED) is 0.426. The minimum Gasteiger partial charge on any atom is -0.494 e. The molecule has 0 aliphatic carbocycles. The highest BCUT2D eigenvalue weighted by Gasteiger charge is 2.13. The SMILES string of the molecule is CCOc1ccc(NC(=O)C(C#N)=Cc2cc(Cl)c(OCC(=O)O)c(Br)c2)cc1. The zero-order chi connectivity index (χ0) is 21.4. The van der Waals surface area contributed by atoms with E-state index < -0.39 is 18.5 Å². The lowest BCUT2D eigenvalue weighted by Crippen LogP contribution is -2.13. The Hall–Kier alpha value is -3.02. The number of anilines is 1. The summed E-state index contributed by atoms with van der Waals surface area (Å²) < 4.78 is 10.8. The molecule has 150 valence electrons. The van der Waals surface area contributed by atoms with Gasteiger partial charge in [0.05, 0.1) is 16.1 Å². The van der Waals surface area contributed by atoms with Crippen molar-refractivity contribution in [2.24, 2.45) is 0 Å². The molecule has 2 rings (SSSR count). The van der Waals surface area contributed by atoms with Crippen molar-refractivity contribution in [1.29, 1.82) is 5.26 Å². The van der Waals surface area contributed by atoms with Gasteiger partial charge in [0, 0.05) is 5.69 Å². The first kappa shape index (κ1) is 22.3. The van der Waals surface area contributed by atoms with E-state index >= 15 is 0 Å². The Balaban J connectivity index is 2.18. The summed E-state index contributed by atoms with van der Waals surface area (Å²) in [6.45, 7) is 1.85. The number of carboxylic acid groups (broad SMARTS) is 1. The number of amides is 1. The van der Waals surface area contributed by atoms with Gasteiger partial charge in [-0.25, -0.2) is 4.79 Å². The number of carbonyl (C=O) groups excluding carboxylic acids is 1. The summed E-state index contributed by atoms with van der Waals surface area (Å²) in [5, 5.41) is 20.8. The van der Waals surface area contributed by atoms with E-state index in [1.165, 1.54) is 12.1 Å². The number of rotatable bonds is 8. The van der Waals surface area contributed by atoms with Crippen LogP contribution in [0.4, 0.5) is 5.69 Å². The molecule has 0 fully saturated rings. The number of carboxylic acids is 1. The molecular formula is C20H16BrClN2O5. The third kappa shape index (κ3) is 6.52. The lowest BCUT2D eigenvalue weighted by molar-refractivity contribution is -0.139. The van der Waals surface area contributed by atoms with Gasteiger partial charge in [-0.3, -0.25) is 4.79 Å². The van der Waals surface area contributed by atoms with Gasteiger partial charge in [0.25, 0.3) is 5.91 Å². The van der Waals surface area contributed by atoms with Crippen molar-refractivity contribution in [1.82, 2.24) is 0 Å². The first-order valence-electron chi connectivity index (χ1n) is 8.33. The Morgan fingerprint density at radius 1 is 1.28 bits per heavy atom.